The Balaban J connectivity index is 3.47. The Kier molecular flexibility index (Phi) is 7.58. The quantitative estimate of drug-likeness (QED) is 0.584. The van der Waals surface area contributed by atoms with Gasteiger partial charge in [-0.25, -0.2) is 0 Å². The minimum absolute atomic E-state index is 0.0495. The van der Waals surface area contributed by atoms with Crippen molar-refractivity contribution in [1.82, 2.24) is 0 Å². The summed E-state index contributed by atoms with van der Waals surface area (Å²) >= 11 is 0. The predicted molar refractivity (Wildman–Crippen MR) is 54.2 cm³/mol. The highest BCUT2D eigenvalue weighted by Crippen LogP contribution is 2.17. The van der Waals surface area contributed by atoms with Crippen molar-refractivity contribution >= 4 is 0 Å². The van der Waals surface area contributed by atoms with Gasteiger partial charge >= 0.3 is 0 Å². The van der Waals surface area contributed by atoms with Gasteiger partial charge in [0.15, 0.2) is 0 Å². The van der Waals surface area contributed by atoms with E-state index < -0.39 is 0 Å². The van der Waals surface area contributed by atoms with Crippen molar-refractivity contribution in [3.05, 3.63) is 0 Å². The largest absolute Gasteiger partial charge is 0.393 e. The van der Waals surface area contributed by atoms with Crippen LogP contribution in [0.5, 0.6) is 0 Å². The Labute approximate surface area is 77.2 Å². The third kappa shape index (κ3) is 4.76. The van der Waals surface area contributed by atoms with Gasteiger partial charge < -0.3 is 5.11 Å². The van der Waals surface area contributed by atoms with E-state index in [0.29, 0.717) is 5.92 Å². The molecule has 0 aliphatic rings. The fourth-order valence-corrected chi connectivity index (χ4v) is 1.67. The maximum Gasteiger partial charge on any atom is 0.0568 e. The van der Waals surface area contributed by atoms with Crippen molar-refractivity contribution in [1.29, 1.82) is 0 Å². The summed E-state index contributed by atoms with van der Waals surface area (Å²) in [4.78, 5) is 0. The Morgan fingerprint density at radius 2 is 1.58 bits per heavy atom. The molecule has 0 aromatic heterocycles. The highest BCUT2D eigenvalue weighted by atomic mass is 16.3. The van der Waals surface area contributed by atoms with Crippen LogP contribution in [0.1, 0.15) is 59.3 Å². The summed E-state index contributed by atoms with van der Waals surface area (Å²) in [5, 5.41) is 9.74. The fraction of sp³-hybridized carbons (Fsp3) is 1.00. The molecule has 0 rings (SSSR count). The molecule has 0 saturated heterocycles. The van der Waals surface area contributed by atoms with Crippen LogP contribution in [0.25, 0.3) is 0 Å². The highest BCUT2D eigenvalue weighted by molar-refractivity contribution is 4.65. The Hall–Kier alpha value is -0.0400. The summed E-state index contributed by atoms with van der Waals surface area (Å²) in [5.74, 6) is 0.529. The van der Waals surface area contributed by atoms with Crippen molar-refractivity contribution in [3.8, 4) is 0 Å². The summed E-state index contributed by atoms with van der Waals surface area (Å²) in [7, 11) is 0. The van der Waals surface area contributed by atoms with E-state index in [0.717, 1.165) is 19.3 Å². The van der Waals surface area contributed by atoms with Crippen molar-refractivity contribution in [2.45, 2.75) is 65.4 Å². The minimum Gasteiger partial charge on any atom is -0.393 e. The molecule has 0 aliphatic carbocycles. The number of hydrogen-bond donors (Lipinski definition) is 1. The predicted octanol–water partition coefficient (Wildman–Crippen LogP) is 3.36. The summed E-state index contributed by atoms with van der Waals surface area (Å²) in [6.45, 7) is 6.53. The number of hydrogen-bond acceptors (Lipinski definition) is 1. The van der Waals surface area contributed by atoms with E-state index in [1.54, 1.807) is 0 Å². The molecule has 0 fully saturated rings. The zero-order valence-electron chi connectivity index (χ0n) is 8.84. The summed E-state index contributed by atoms with van der Waals surface area (Å²) in [6.07, 6.45) is 6.88. The molecule has 0 spiro atoms. The molecule has 0 aliphatic heterocycles. The molecule has 1 atom stereocenters. The second-order valence-electron chi connectivity index (χ2n) is 3.64. The minimum atomic E-state index is -0.0495. The topological polar surface area (TPSA) is 20.2 Å². The Morgan fingerprint density at radius 3 is 2.00 bits per heavy atom. The van der Waals surface area contributed by atoms with E-state index in [4.69, 9.17) is 0 Å². The standard InChI is InChI=1S/C11H24O/c1-4-7-8-9-11(12)10(5-2)6-3/h10-12H,4-9H2,1-3H3. The van der Waals surface area contributed by atoms with E-state index >= 15 is 0 Å². The van der Waals surface area contributed by atoms with E-state index in [1.807, 2.05) is 0 Å². The molecule has 1 heteroatoms. The molecule has 1 unspecified atom stereocenters. The van der Waals surface area contributed by atoms with E-state index in [2.05, 4.69) is 20.8 Å². The van der Waals surface area contributed by atoms with Gasteiger partial charge in [-0.3, -0.25) is 0 Å². The van der Waals surface area contributed by atoms with Crippen LogP contribution in [-0.4, -0.2) is 11.2 Å². The number of aliphatic hydroxyl groups is 1. The number of rotatable bonds is 7. The zero-order valence-corrected chi connectivity index (χ0v) is 8.84. The average molecular weight is 172 g/mol. The average Bonchev–Trinajstić information content (AvgIpc) is 2.07. The molecule has 1 nitrogen and oxygen atoms in total. The van der Waals surface area contributed by atoms with Crippen LogP contribution in [0.4, 0.5) is 0 Å². The van der Waals surface area contributed by atoms with Gasteiger partial charge in [-0.1, -0.05) is 52.9 Å². The van der Waals surface area contributed by atoms with Crippen LogP contribution < -0.4 is 0 Å². The van der Waals surface area contributed by atoms with Gasteiger partial charge in [0.25, 0.3) is 0 Å². The summed E-state index contributed by atoms with van der Waals surface area (Å²) < 4.78 is 0. The molecular weight excluding hydrogens is 148 g/mol. The van der Waals surface area contributed by atoms with Crippen molar-refractivity contribution in [2.24, 2.45) is 5.92 Å². The molecular formula is C11H24O. The second-order valence-corrected chi connectivity index (χ2v) is 3.64. The van der Waals surface area contributed by atoms with Crippen LogP contribution in [0, 0.1) is 5.92 Å². The van der Waals surface area contributed by atoms with Gasteiger partial charge in [-0.2, -0.15) is 0 Å². The van der Waals surface area contributed by atoms with Gasteiger partial charge in [0.2, 0.25) is 0 Å². The molecule has 74 valence electrons. The lowest BCUT2D eigenvalue weighted by molar-refractivity contribution is 0.0915. The van der Waals surface area contributed by atoms with E-state index in [1.165, 1.54) is 19.3 Å². The SMILES string of the molecule is CCCCCC(O)C(CC)CC. The molecule has 1 N–H and O–H groups in total. The lowest BCUT2D eigenvalue weighted by atomic mass is 9.93. The van der Waals surface area contributed by atoms with Crippen LogP contribution in [0.15, 0.2) is 0 Å². The van der Waals surface area contributed by atoms with Gasteiger partial charge in [0, 0.05) is 0 Å². The van der Waals surface area contributed by atoms with Crippen LogP contribution in [-0.2, 0) is 0 Å². The highest BCUT2D eigenvalue weighted by Gasteiger charge is 2.13. The van der Waals surface area contributed by atoms with Crippen molar-refractivity contribution < 1.29 is 5.11 Å². The Morgan fingerprint density at radius 1 is 1.00 bits per heavy atom. The molecule has 0 heterocycles. The van der Waals surface area contributed by atoms with Crippen molar-refractivity contribution in [3.63, 3.8) is 0 Å². The first-order valence-corrected chi connectivity index (χ1v) is 5.44. The first kappa shape index (κ1) is 12.0. The van der Waals surface area contributed by atoms with Gasteiger partial charge in [0.05, 0.1) is 6.10 Å². The van der Waals surface area contributed by atoms with E-state index in [-0.39, 0.29) is 6.10 Å². The van der Waals surface area contributed by atoms with Gasteiger partial charge in [0.1, 0.15) is 0 Å². The summed E-state index contributed by atoms with van der Waals surface area (Å²) in [6, 6.07) is 0. The number of unbranched alkanes of at least 4 members (excludes halogenated alkanes) is 2. The third-order valence-electron chi connectivity index (χ3n) is 2.70. The molecule has 0 amide bonds. The maximum atomic E-state index is 9.74. The van der Waals surface area contributed by atoms with Gasteiger partial charge in [-0.05, 0) is 12.3 Å². The molecule has 0 radical (unpaired) electrons. The summed E-state index contributed by atoms with van der Waals surface area (Å²) in [5.41, 5.74) is 0. The monoisotopic (exact) mass is 172 g/mol. The molecule has 0 bridgehead atoms. The zero-order chi connectivity index (χ0) is 9.40. The van der Waals surface area contributed by atoms with Gasteiger partial charge in [-0.15, -0.1) is 0 Å². The van der Waals surface area contributed by atoms with E-state index in [9.17, 15) is 5.11 Å². The normalized spacial score (nSPS) is 13.8. The first-order chi connectivity index (χ1) is 5.76. The van der Waals surface area contributed by atoms with Crippen LogP contribution in [0.2, 0.25) is 0 Å². The fourth-order valence-electron chi connectivity index (χ4n) is 1.67. The lowest BCUT2D eigenvalue weighted by Crippen LogP contribution is -2.18. The third-order valence-corrected chi connectivity index (χ3v) is 2.70. The van der Waals surface area contributed by atoms with Crippen LogP contribution >= 0.6 is 0 Å². The van der Waals surface area contributed by atoms with Crippen molar-refractivity contribution in [2.75, 3.05) is 0 Å². The second kappa shape index (κ2) is 7.60. The van der Waals surface area contributed by atoms with Crippen LogP contribution in [0.3, 0.4) is 0 Å². The molecule has 0 aromatic rings. The first-order valence-electron chi connectivity index (χ1n) is 5.44. The Bertz CT molecular complexity index is 87.0. The smallest absolute Gasteiger partial charge is 0.0568 e. The maximum absolute atomic E-state index is 9.74. The molecule has 12 heavy (non-hydrogen) atoms. The lowest BCUT2D eigenvalue weighted by Gasteiger charge is -2.19. The molecule has 0 aromatic carbocycles. The molecule has 0 saturated carbocycles. The number of aliphatic hydroxyl groups excluding tert-OH is 1.